The first-order valence-corrected chi connectivity index (χ1v) is 7.68. The monoisotopic (exact) mass is 271 g/mol. The maximum Gasteiger partial charge on any atom is 0.0231 e. The molecule has 0 aliphatic rings. The van der Waals surface area contributed by atoms with Gasteiger partial charge in [0.1, 0.15) is 0 Å². The number of thioether (sulfide) groups is 1. The van der Waals surface area contributed by atoms with Gasteiger partial charge in [0.05, 0.1) is 0 Å². The molecule has 0 aliphatic heterocycles. The van der Waals surface area contributed by atoms with E-state index in [-0.39, 0.29) is 0 Å². The van der Waals surface area contributed by atoms with Gasteiger partial charge in [-0.15, -0.1) is 11.8 Å². The molecule has 0 amide bonds. The Morgan fingerprint density at radius 1 is 0.895 bits per heavy atom. The highest BCUT2D eigenvalue weighted by Gasteiger charge is 2.00. The Morgan fingerprint density at radius 2 is 1.47 bits per heavy atom. The molecule has 2 aromatic rings. The average molecular weight is 271 g/mol. The van der Waals surface area contributed by atoms with Crippen LogP contribution in [-0.2, 0) is 12.3 Å². The number of nitrogens with two attached hydrogens (primary N) is 1. The lowest BCUT2D eigenvalue weighted by Crippen LogP contribution is -1.95. The molecule has 2 aromatic carbocycles. The van der Waals surface area contributed by atoms with Crippen LogP contribution in [0.2, 0.25) is 0 Å². The largest absolute Gasteiger partial charge is 0.326 e. The molecule has 0 spiro atoms. The smallest absolute Gasteiger partial charge is 0.0231 e. The molecule has 0 unspecified atom stereocenters. The van der Waals surface area contributed by atoms with E-state index < -0.39 is 0 Å². The third kappa shape index (κ3) is 4.12. The van der Waals surface area contributed by atoms with Gasteiger partial charge in [-0.05, 0) is 34.7 Å². The normalized spacial score (nSPS) is 10.9. The molecule has 0 fully saturated rings. The van der Waals surface area contributed by atoms with Crippen molar-refractivity contribution in [3.63, 3.8) is 0 Å². The highest BCUT2D eigenvalue weighted by Crippen LogP contribution is 2.25. The molecule has 0 aliphatic carbocycles. The van der Waals surface area contributed by atoms with Gasteiger partial charge in [0.15, 0.2) is 0 Å². The van der Waals surface area contributed by atoms with Crippen LogP contribution in [0.15, 0.2) is 53.4 Å². The summed E-state index contributed by atoms with van der Waals surface area (Å²) in [6.45, 7) is 5.06. The van der Waals surface area contributed by atoms with E-state index in [0.717, 1.165) is 5.75 Å². The van der Waals surface area contributed by atoms with Crippen molar-refractivity contribution in [2.24, 2.45) is 5.73 Å². The Hall–Kier alpha value is -1.25. The van der Waals surface area contributed by atoms with Crippen LogP contribution < -0.4 is 5.73 Å². The second-order valence-corrected chi connectivity index (χ2v) is 6.08. The van der Waals surface area contributed by atoms with Crippen molar-refractivity contribution in [3.05, 3.63) is 65.2 Å². The highest BCUT2D eigenvalue weighted by atomic mass is 32.2. The zero-order chi connectivity index (χ0) is 13.7. The van der Waals surface area contributed by atoms with Gasteiger partial charge in [-0.25, -0.2) is 0 Å². The first kappa shape index (κ1) is 14.2. The van der Waals surface area contributed by atoms with E-state index in [9.17, 15) is 0 Å². The summed E-state index contributed by atoms with van der Waals surface area (Å²) in [5, 5.41) is 0. The summed E-state index contributed by atoms with van der Waals surface area (Å²) >= 11 is 1.88. The van der Waals surface area contributed by atoms with Gasteiger partial charge in [-0.2, -0.15) is 0 Å². The van der Waals surface area contributed by atoms with Crippen molar-refractivity contribution in [2.45, 2.75) is 37.0 Å². The molecule has 100 valence electrons. The maximum absolute atomic E-state index is 5.60. The van der Waals surface area contributed by atoms with Crippen molar-refractivity contribution in [2.75, 3.05) is 0 Å². The minimum Gasteiger partial charge on any atom is -0.326 e. The van der Waals surface area contributed by atoms with Crippen molar-refractivity contribution in [3.8, 4) is 0 Å². The van der Waals surface area contributed by atoms with Crippen LogP contribution in [-0.4, -0.2) is 0 Å². The lowest BCUT2D eigenvalue weighted by Gasteiger charge is -2.07. The molecule has 0 saturated heterocycles. The standard InChI is InChI=1S/C17H21NS/c1-13(2)16-7-9-17(10-8-16)19-12-15-5-3-14(11-18)4-6-15/h3-10,13H,11-12,18H2,1-2H3. The van der Waals surface area contributed by atoms with Crippen molar-refractivity contribution >= 4 is 11.8 Å². The Labute approximate surface area is 120 Å². The van der Waals surface area contributed by atoms with Crippen LogP contribution in [0.25, 0.3) is 0 Å². The number of rotatable bonds is 5. The molecule has 2 N–H and O–H groups in total. The molecule has 0 radical (unpaired) electrons. The van der Waals surface area contributed by atoms with Gasteiger partial charge in [0, 0.05) is 17.2 Å². The van der Waals surface area contributed by atoms with E-state index in [4.69, 9.17) is 5.73 Å². The lowest BCUT2D eigenvalue weighted by atomic mass is 10.0. The van der Waals surface area contributed by atoms with Crippen LogP contribution in [0.1, 0.15) is 36.5 Å². The number of hydrogen-bond acceptors (Lipinski definition) is 2. The molecule has 0 atom stereocenters. The second kappa shape index (κ2) is 6.78. The van der Waals surface area contributed by atoms with Gasteiger partial charge in [-0.3, -0.25) is 0 Å². The van der Waals surface area contributed by atoms with E-state index in [1.54, 1.807) is 0 Å². The number of hydrogen-bond donors (Lipinski definition) is 1. The lowest BCUT2D eigenvalue weighted by molar-refractivity contribution is 0.865. The maximum atomic E-state index is 5.60. The van der Waals surface area contributed by atoms with Crippen LogP contribution in [0, 0.1) is 0 Å². The molecule has 0 aromatic heterocycles. The first-order chi connectivity index (χ1) is 9.19. The van der Waals surface area contributed by atoms with E-state index in [1.807, 2.05) is 11.8 Å². The quantitative estimate of drug-likeness (QED) is 0.807. The van der Waals surface area contributed by atoms with Crippen LogP contribution in [0.3, 0.4) is 0 Å². The summed E-state index contributed by atoms with van der Waals surface area (Å²) in [4.78, 5) is 1.33. The fraction of sp³-hybridized carbons (Fsp3) is 0.294. The topological polar surface area (TPSA) is 26.0 Å². The molecule has 0 heterocycles. The van der Waals surface area contributed by atoms with Gasteiger partial charge in [0.25, 0.3) is 0 Å². The third-order valence-corrected chi connectivity index (χ3v) is 4.29. The molecule has 19 heavy (non-hydrogen) atoms. The SMILES string of the molecule is CC(C)c1ccc(SCc2ccc(CN)cc2)cc1. The second-order valence-electron chi connectivity index (χ2n) is 5.03. The van der Waals surface area contributed by atoms with E-state index in [1.165, 1.54) is 21.6 Å². The summed E-state index contributed by atoms with van der Waals surface area (Å²) < 4.78 is 0. The van der Waals surface area contributed by atoms with Crippen molar-refractivity contribution in [1.29, 1.82) is 0 Å². The summed E-state index contributed by atoms with van der Waals surface area (Å²) in [6.07, 6.45) is 0. The van der Waals surface area contributed by atoms with Crippen LogP contribution in [0.5, 0.6) is 0 Å². The highest BCUT2D eigenvalue weighted by molar-refractivity contribution is 7.98. The Morgan fingerprint density at radius 3 is 2.00 bits per heavy atom. The molecule has 0 bridgehead atoms. The predicted molar refractivity (Wildman–Crippen MR) is 84.4 cm³/mol. The zero-order valence-corrected chi connectivity index (χ0v) is 12.4. The summed E-state index contributed by atoms with van der Waals surface area (Å²) in [7, 11) is 0. The van der Waals surface area contributed by atoms with E-state index in [2.05, 4.69) is 62.4 Å². The van der Waals surface area contributed by atoms with Crippen molar-refractivity contribution in [1.82, 2.24) is 0 Å². The van der Waals surface area contributed by atoms with Crippen LogP contribution in [0.4, 0.5) is 0 Å². The fourth-order valence-corrected chi connectivity index (χ4v) is 2.74. The van der Waals surface area contributed by atoms with Gasteiger partial charge >= 0.3 is 0 Å². The first-order valence-electron chi connectivity index (χ1n) is 6.69. The number of benzene rings is 2. The molecule has 0 saturated carbocycles. The molecular weight excluding hydrogens is 250 g/mol. The molecule has 2 heteroatoms. The summed E-state index contributed by atoms with van der Waals surface area (Å²) in [5.74, 6) is 1.61. The fourth-order valence-electron chi connectivity index (χ4n) is 1.89. The van der Waals surface area contributed by atoms with Gasteiger partial charge in [0.2, 0.25) is 0 Å². The van der Waals surface area contributed by atoms with E-state index >= 15 is 0 Å². The average Bonchev–Trinajstić information content (AvgIpc) is 2.46. The van der Waals surface area contributed by atoms with Gasteiger partial charge < -0.3 is 5.73 Å². The van der Waals surface area contributed by atoms with Crippen molar-refractivity contribution < 1.29 is 0 Å². The minimum atomic E-state index is 0.600. The Bertz CT molecular complexity index is 500. The molecular formula is C17H21NS. The zero-order valence-electron chi connectivity index (χ0n) is 11.6. The molecule has 2 rings (SSSR count). The Kier molecular flexibility index (Phi) is 5.06. The third-order valence-electron chi connectivity index (χ3n) is 3.21. The molecule has 1 nitrogen and oxygen atoms in total. The van der Waals surface area contributed by atoms with Gasteiger partial charge in [-0.1, -0.05) is 50.2 Å². The van der Waals surface area contributed by atoms with E-state index in [0.29, 0.717) is 12.5 Å². The predicted octanol–water partition coefficient (Wildman–Crippen LogP) is 4.56. The Balaban J connectivity index is 1.94. The summed E-state index contributed by atoms with van der Waals surface area (Å²) in [5.41, 5.74) is 9.53. The van der Waals surface area contributed by atoms with Crippen LogP contribution >= 0.6 is 11.8 Å². The minimum absolute atomic E-state index is 0.600. The summed E-state index contributed by atoms with van der Waals surface area (Å²) in [6, 6.07) is 17.4.